The molecule has 0 fully saturated rings. The summed E-state index contributed by atoms with van der Waals surface area (Å²) in [5.41, 5.74) is 11.3. The van der Waals surface area contributed by atoms with Crippen LogP contribution in [0.2, 0.25) is 0 Å². The number of aromatic nitrogens is 1. The Kier molecular flexibility index (Phi) is 5.61. The van der Waals surface area contributed by atoms with E-state index in [1.165, 1.54) is 0 Å². The van der Waals surface area contributed by atoms with Gasteiger partial charge in [-0.2, -0.15) is 4.57 Å². The van der Waals surface area contributed by atoms with Crippen LogP contribution in [0.4, 0.5) is 0 Å². The quantitative estimate of drug-likeness (QED) is 0.391. The van der Waals surface area contributed by atoms with Gasteiger partial charge in [-0.05, 0) is 47.5 Å². The Bertz CT molecular complexity index is 1550. The summed E-state index contributed by atoms with van der Waals surface area (Å²) in [4.78, 5) is 13.6. The molecule has 1 atom stereocenters. The first-order valence-electron chi connectivity index (χ1n) is 12.1. The summed E-state index contributed by atoms with van der Waals surface area (Å²) in [5.74, 6) is 2.61. The van der Waals surface area contributed by atoms with Crippen LogP contribution in [0.5, 0.6) is 28.7 Å². The van der Waals surface area contributed by atoms with E-state index in [1.807, 2.05) is 30.5 Å². The minimum absolute atomic E-state index is 0.136. The number of benzene rings is 3. The van der Waals surface area contributed by atoms with Crippen LogP contribution in [0.3, 0.4) is 0 Å². The highest BCUT2D eigenvalue weighted by molar-refractivity contribution is 6.00. The number of aryl methyl sites for hydroxylation is 2. The molecule has 37 heavy (non-hydrogen) atoms. The van der Waals surface area contributed by atoms with Gasteiger partial charge in [-0.3, -0.25) is 4.79 Å². The molecule has 0 aliphatic carbocycles. The molecule has 0 radical (unpaired) electrons. The van der Waals surface area contributed by atoms with Crippen molar-refractivity contribution in [2.45, 2.75) is 25.4 Å². The summed E-state index contributed by atoms with van der Waals surface area (Å²) in [6.07, 6.45) is 2.97. The van der Waals surface area contributed by atoms with E-state index in [2.05, 4.69) is 4.57 Å². The van der Waals surface area contributed by atoms with Gasteiger partial charge in [0.05, 0.1) is 36.8 Å². The molecule has 1 unspecified atom stereocenters. The van der Waals surface area contributed by atoms with Crippen molar-refractivity contribution in [3.63, 3.8) is 0 Å². The Labute approximate surface area is 213 Å². The van der Waals surface area contributed by atoms with Gasteiger partial charge in [0.2, 0.25) is 12.5 Å². The molecule has 0 saturated heterocycles. The number of ketones is 1. The first-order valence-corrected chi connectivity index (χ1v) is 12.1. The van der Waals surface area contributed by atoms with Crippen molar-refractivity contribution in [1.29, 1.82) is 0 Å². The summed E-state index contributed by atoms with van der Waals surface area (Å²) in [6, 6.07) is 13.5. The fourth-order valence-corrected chi connectivity index (χ4v) is 5.35. The molecule has 8 heteroatoms. The average Bonchev–Trinajstić information content (AvgIpc) is 3.38. The van der Waals surface area contributed by atoms with Gasteiger partial charge in [-0.15, -0.1) is 0 Å². The number of nitrogens with zero attached hydrogens (tertiary/aromatic N) is 1. The van der Waals surface area contributed by atoms with E-state index in [0.717, 1.165) is 50.9 Å². The van der Waals surface area contributed by atoms with Crippen molar-refractivity contribution in [2.75, 3.05) is 21.0 Å². The molecule has 0 spiro atoms. The fourth-order valence-electron chi connectivity index (χ4n) is 5.35. The normalized spacial score (nSPS) is 14.1. The summed E-state index contributed by atoms with van der Waals surface area (Å²) in [5, 5.41) is 11.3. The van der Waals surface area contributed by atoms with Crippen molar-refractivity contribution in [3.05, 3.63) is 71.4 Å². The monoisotopic (exact) mass is 499 g/mol. The van der Waals surface area contributed by atoms with Gasteiger partial charge in [0.1, 0.15) is 5.75 Å². The number of aromatic hydroxyl groups is 1. The summed E-state index contributed by atoms with van der Waals surface area (Å²) in [7, 11) is 3.20. The molecule has 4 aromatic rings. The molecule has 3 N–H and O–H groups in total. The molecule has 2 aliphatic rings. The summed E-state index contributed by atoms with van der Waals surface area (Å²) < 4.78 is 24.7. The highest BCUT2D eigenvalue weighted by atomic mass is 16.7. The van der Waals surface area contributed by atoms with Crippen LogP contribution in [-0.2, 0) is 24.2 Å². The summed E-state index contributed by atoms with van der Waals surface area (Å²) in [6.45, 7) is 0.884. The second-order valence-electron chi connectivity index (χ2n) is 9.25. The van der Waals surface area contributed by atoms with E-state index >= 15 is 0 Å². The van der Waals surface area contributed by atoms with Crippen molar-refractivity contribution >= 4 is 16.6 Å². The number of carbonyl (C=O) groups is 1. The third-order valence-corrected chi connectivity index (χ3v) is 7.15. The lowest BCUT2D eigenvalue weighted by atomic mass is 9.86. The van der Waals surface area contributed by atoms with Crippen LogP contribution in [0, 0.1) is 0 Å². The second kappa shape index (κ2) is 8.97. The molecule has 1 aromatic heterocycles. The van der Waals surface area contributed by atoms with Gasteiger partial charge < -0.3 is 29.8 Å². The SMILES string of the molecule is COc1ccc2c(C(N)C(=O)Cc3ccc(O)cc3)c3[n+](cc2c1OC)CCc1cc2c(cc1-3)OCO2. The van der Waals surface area contributed by atoms with Crippen molar-refractivity contribution in [1.82, 2.24) is 0 Å². The molecule has 0 saturated carbocycles. The number of rotatable bonds is 6. The lowest BCUT2D eigenvalue weighted by Gasteiger charge is -2.23. The van der Waals surface area contributed by atoms with E-state index in [-0.39, 0.29) is 24.7 Å². The number of phenolic OH excluding ortho intramolecular Hbond substituents is 1. The first kappa shape index (κ1) is 23.1. The number of fused-ring (bicyclic) bond motifs is 5. The zero-order valence-electron chi connectivity index (χ0n) is 20.6. The number of ether oxygens (including phenoxy) is 4. The van der Waals surface area contributed by atoms with Crippen LogP contribution in [0.1, 0.15) is 22.7 Å². The number of Topliss-reactive ketones (excluding diaryl/α,β-unsaturated/α-hetero) is 1. The lowest BCUT2D eigenvalue weighted by Crippen LogP contribution is -2.42. The smallest absolute Gasteiger partial charge is 0.231 e. The first-order chi connectivity index (χ1) is 18.0. The molecule has 3 heterocycles. The van der Waals surface area contributed by atoms with Crippen LogP contribution >= 0.6 is 0 Å². The minimum atomic E-state index is -0.909. The molecule has 0 bridgehead atoms. The van der Waals surface area contributed by atoms with Crippen molar-refractivity contribution < 1.29 is 33.4 Å². The lowest BCUT2D eigenvalue weighted by molar-refractivity contribution is -0.686. The highest BCUT2D eigenvalue weighted by Gasteiger charge is 2.36. The van der Waals surface area contributed by atoms with E-state index in [1.54, 1.807) is 38.5 Å². The number of hydrogen-bond donors (Lipinski definition) is 2. The Balaban J connectivity index is 1.57. The maximum absolute atomic E-state index is 13.6. The van der Waals surface area contributed by atoms with Gasteiger partial charge in [-0.1, -0.05) is 12.1 Å². The zero-order valence-corrected chi connectivity index (χ0v) is 20.6. The number of pyridine rings is 1. The van der Waals surface area contributed by atoms with Crippen LogP contribution < -0.4 is 29.2 Å². The van der Waals surface area contributed by atoms with Gasteiger partial charge in [-0.25, -0.2) is 0 Å². The molecule has 0 amide bonds. The standard InChI is InChI=1S/C29H26N2O6/c1-34-23-8-7-19-21(29(23)35-2)14-31-10-9-17-12-24-25(37-15-36-24)13-20(17)28(31)26(19)27(30)22(33)11-16-3-5-18(32)6-4-16/h3-8,12-14,27H,9-11,15,30H2,1-2H3/p+1. The number of hydrogen-bond acceptors (Lipinski definition) is 7. The van der Waals surface area contributed by atoms with Crippen LogP contribution in [0.25, 0.3) is 22.0 Å². The summed E-state index contributed by atoms with van der Waals surface area (Å²) >= 11 is 0. The minimum Gasteiger partial charge on any atom is -0.508 e. The molecular formula is C29H27N2O6+. The number of carbonyl (C=O) groups excluding carboxylic acids is 1. The average molecular weight is 500 g/mol. The number of methoxy groups -OCH3 is 2. The van der Waals surface area contributed by atoms with E-state index in [9.17, 15) is 9.90 Å². The maximum Gasteiger partial charge on any atom is 0.231 e. The largest absolute Gasteiger partial charge is 0.508 e. The van der Waals surface area contributed by atoms with Crippen molar-refractivity contribution in [2.24, 2.45) is 5.73 Å². The second-order valence-corrected chi connectivity index (χ2v) is 9.25. The Morgan fingerprint density at radius 3 is 2.54 bits per heavy atom. The van der Waals surface area contributed by atoms with Gasteiger partial charge in [0.25, 0.3) is 0 Å². The van der Waals surface area contributed by atoms with E-state index < -0.39 is 6.04 Å². The molecule has 2 aliphatic heterocycles. The highest BCUT2D eigenvalue weighted by Crippen LogP contribution is 2.45. The predicted molar refractivity (Wildman–Crippen MR) is 136 cm³/mol. The fraction of sp³-hybridized carbons (Fsp3) is 0.241. The third-order valence-electron chi connectivity index (χ3n) is 7.15. The van der Waals surface area contributed by atoms with Crippen LogP contribution in [0.15, 0.2) is 54.7 Å². The molecular weight excluding hydrogens is 472 g/mol. The molecule has 6 rings (SSSR count). The predicted octanol–water partition coefficient (Wildman–Crippen LogP) is 3.61. The van der Waals surface area contributed by atoms with Gasteiger partial charge in [0, 0.05) is 18.2 Å². The molecule has 188 valence electrons. The van der Waals surface area contributed by atoms with E-state index in [0.29, 0.717) is 23.8 Å². The Morgan fingerprint density at radius 1 is 1.05 bits per heavy atom. The van der Waals surface area contributed by atoms with E-state index in [4.69, 9.17) is 24.7 Å². The Morgan fingerprint density at radius 2 is 1.81 bits per heavy atom. The number of nitrogens with two attached hydrogens (primary N) is 1. The third kappa shape index (κ3) is 3.81. The number of phenols is 1. The van der Waals surface area contributed by atoms with Gasteiger partial charge in [0.15, 0.2) is 41.5 Å². The van der Waals surface area contributed by atoms with Crippen LogP contribution in [-0.4, -0.2) is 31.9 Å². The van der Waals surface area contributed by atoms with Gasteiger partial charge >= 0.3 is 0 Å². The molecule has 8 nitrogen and oxygen atoms in total. The van der Waals surface area contributed by atoms with Crippen molar-refractivity contribution in [3.8, 4) is 40.0 Å². The zero-order chi connectivity index (χ0) is 25.7. The topological polar surface area (TPSA) is 104 Å². The Hall–Kier alpha value is -4.30. The molecule has 3 aromatic carbocycles. The maximum atomic E-state index is 13.6.